The molecule has 1 aromatic carbocycles. The normalized spacial score (nSPS) is 11.7. The van der Waals surface area contributed by atoms with Crippen LogP contribution in [0.4, 0.5) is 0 Å². The highest BCUT2D eigenvalue weighted by atomic mass is 16.5. The van der Waals surface area contributed by atoms with Crippen LogP contribution in [0.5, 0.6) is 5.75 Å². The highest BCUT2D eigenvalue weighted by Crippen LogP contribution is 2.28. The van der Waals surface area contributed by atoms with Gasteiger partial charge < -0.3 is 14.5 Å². The predicted octanol–water partition coefficient (Wildman–Crippen LogP) is 2.29. The molecule has 1 unspecified atom stereocenters. The number of rotatable bonds is 6. The fourth-order valence-corrected chi connectivity index (χ4v) is 2.19. The zero-order valence-corrected chi connectivity index (χ0v) is 12.0. The van der Waals surface area contributed by atoms with Crippen LogP contribution in [0.25, 0.3) is 0 Å². The summed E-state index contributed by atoms with van der Waals surface area (Å²) in [5, 5.41) is 0. The van der Waals surface area contributed by atoms with Gasteiger partial charge in [0.25, 0.3) is 0 Å². The van der Waals surface area contributed by atoms with Crippen LogP contribution in [0.15, 0.2) is 42.6 Å². The van der Waals surface area contributed by atoms with E-state index in [1.807, 2.05) is 36.4 Å². The van der Waals surface area contributed by atoms with E-state index in [1.54, 1.807) is 13.3 Å². The number of ether oxygens (including phenoxy) is 2. The molecule has 0 fully saturated rings. The van der Waals surface area contributed by atoms with Gasteiger partial charge in [-0.25, -0.2) is 4.79 Å². The molecule has 0 saturated carbocycles. The Morgan fingerprint density at radius 3 is 2.38 bits per heavy atom. The van der Waals surface area contributed by atoms with Crippen LogP contribution in [0, 0.1) is 0 Å². The Bertz CT molecular complexity index is 602. The van der Waals surface area contributed by atoms with Crippen LogP contribution in [0.2, 0.25) is 0 Å². The monoisotopic (exact) mass is 287 g/mol. The summed E-state index contributed by atoms with van der Waals surface area (Å²) in [7, 11) is 2.80. The molecule has 0 saturated heterocycles. The molecule has 0 spiro atoms. The molecule has 0 radical (unpaired) electrons. The van der Waals surface area contributed by atoms with E-state index in [0.717, 1.165) is 17.0 Å². The van der Waals surface area contributed by atoms with Crippen molar-refractivity contribution in [1.82, 2.24) is 4.98 Å². The molecule has 2 aromatic rings. The first-order chi connectivity index (χ1) is 10.2. The van der Waals surface area contributed by atoms with E-state index in [9.17, 15) is 9.59 Å². The molecule has 0 aliphatic heterocycles. The number of benzene rings is 1. The quantitative estimate of drug-likeness (QED) is 0.654. The highest BCUT2D eigenvalue weighted by Gasteiger charge is 2.23. The number of hydrogen-bond donors (Lipinski definition) is 1. The smallest absolute Gasteiger partial charge is 0.374 e. The van der Waals surface area contributed by atoms with Gasteiger partial charge in [-0.15, -0.1) is 0 Å². The molecule has 1 heterocycles. The van der Waals surface area contributed by atoms with Gasteiger partial charge >= 0.3 is 5.97 Å². The third kappa shape index (κ3) is 3.51. The number of ketones is 1. The average Bonchev–Trinajstić information content (AvgIpc) is 3.05. The zero-order chi connectivity index (χ0) is 15.2. The fourth-order valence-electron chi connectivity index (χ4n) is 2.19. The summed E-state index contributed by atoms with van der Waals surface area (Å²) in [5.41, 5.74) is 1.80. The topological polar surface area (TPSA) is 68.4 Å². The second-order valence-electron chi connectivity index (χ2n) is 4.57. The summed E-state index contributed by atoms with van der Waals surface area (Å²) in [6.07, 6.45) is 1.84. The Balaban J connectivity index is 2.28. The van der Waals surface area contributed by atoms with E-state index in [0.29, 0.717) is 0 Å². The van der Waals surface area contributed by atoms with Crippen LogP contribution in [-0.2, 0) is 14.3 Å². The number of methoxy groups -OCH3 is 2. The van der Waals surface area contributed by atoms with Gasteiger partial charge in [-0.3, -0.25) is 4.79 Å². The number of carbonyl (C=O) groups excluding carboxylic acids is 2. The minimum atomic E-state index is -0.819. The molecular weight excluding hydrogens is 270 g/mol. The van der Waals surface area contributed by atoms with E-state index in [-0.39, 0.29) is 12.3 Å². The number of hydrogen-bond acceptors (Lipinski definition) is 4. The van der Waals surface area contributed by atoms with Gasteiger partial charge in [0.2, 0.25) is 5.78 Å². The largest absolute Gasteiger partial charge is 0.497 e. The van der Waals surface area contributed by atoms with Crippen LogP contribution in [0.1, 0.15) is 23.6 Å². The maximum absolute atomic E-state index is 11.9. The standard InChI is InChI=1S/C16H17NO4/c1-20-12-7-5-11(6-8-12)13(14-4-3-9-17-14)10-15(18)16(19)21-2/h3-9,13,17H,10H2,1-2H3. The summed E-state index contributed by atoms with van der Waals surface area (Å²) in [6.45, 7) is 0. The molecule has 0 aliphatic carbocycles. The van der Waals surface area contributed by atoms with E-state index in [1.165, 1.54) is 7.11 Å². The second-order valence-corrected chi connectivity index (χ2v) is 4.57. The SMILES string of the molecule is COC(=O)C(=O)CC(c1ccc(OC)cc1)c1ccc[nH]1. The molecule has 0 amide bonds. The first-order valence-corrected chi connectivity index (χ1v) is 6.54. The molecule has 0 bridgehead atoms. The first kappa shape index (κ1) is 14.8. The summed E-state index contributed by atoms with van der Waals surface area (Å²) in [5.74, 6) is -0.853. The van der Waals surface area contributed by atoms with Crippen LogP contribution in [0.3, 0.4) is 0 Å². The lowest BCUT2D eigenvalue weighted by atomic mass is 9.90. The molecule has 5 heteroatoms. The van der Waals surface area contributed by atoms with Crippen LogP contribution in [-0.4, -0.2) is 31.0 Å². The number of carbonyl (C=O) groups is 2. The van der Waals surface area contributed by atoms with Gasteiger partial charge in [-0.05, 0) is 29.8 Å². The second kappa shape index (κ2) is 6.74. The maximum Gasteiger partial charge on any atom is 0.374 e. The summed E-state index contributed by atoms with van der Waals surface area (Å²) < 4.78 is 9.61. The highest BCUT2D eigenvalue weighted by molar-refractivity contribution is 6.33. The summed E-state index contributed by atoms with van der Waals surface area (Å²) in [4.78, 5) is 26.3. The van der Waals surface area contributed by atoms with Crippen molar-refractivity contribution >= 4 is 11.8 Å². The Morgan fingerprint density at radius 1 is 1.14 bits per heavy atom. The summed E-state index contributed by atoms with van der Waals surface area (Å²) in [6, 6.07) is 11.2. The van der Waals surface area contributed by atoms with Crippen molar-refractivity contribution in [1.29, 1.82) is 0 Å². The minimum absolute atomic E-state index is 0.0551. The summed E-state index contributed by atoms with van der Waals surface area (Å²) >= 11 is 0. The van der Waals surface area contributed by atoms with Crippen LogP contribution < -0.4 is 4.74 Å². The van der Waals surface area contributed by atoms with Crippen molar-refractivity contribution in [2.75, 3.05) is 14.2 Å². The molecule has 110 valence electrons. The zero-order valence-electron chi connectivity index (χ0n) is 12.0. The molecular formula is C16H17NO4. The lowest BCUT2D eigenvalue weighted by molar-refractivity contribution is -0.151. The third-order valence-corrected chi connectivity index (χ3v) is 3.32. The van der Waals surface area contributed by atoms with Gasteiger partial charge in [0.1, 0.15) is 5.75 Å². The van der Waals surface area contributed by atoms with Crippen LogP contribution >= 0.6 is 0 Å². The lowest BCUT2D eigenvalue weighted by Crippen LogP contribution is -2.19. The number of esters is 1. The molecule has 0 aliphatic rings. The van der Waals surface area contributed by atoms with Gasteiger partial charge in [0.15, 0.2) is 0 Å². The number of H-pyrrole nitrogens is 1. The van der Waals surface area contributed by atoms with E-state index in [2.05, 4.69) is 9.72 Å². The predicted molar refractivity (Wildman–Crippen MR) is 77.3 cm³/mol. The van der Waals surface area contributed by atoms with Crippen molar-refractivity contribution in [2.45, 2.75) is 12.3 Å². The lowest BCUT2D eigenvalue weighted by Gasteiger charge is -2.15. The molecule has 21 heavy (non-hydrogen) atoms. The molecule has 1 atom stereocenters. The van der Waals surface area contributed by atoms with E-state index < -0.39 is 11.8 Å². The van der Waals surface area contributed by atoms with Crippen molar-refractivity contribution in [3.8, 4) is 5.75 Å². The number of aromatic amines is 1. The van der Waals surface area contributed by atoms with Crippen molar-refractivity contribution in [2.24, 2.45) is 0 Å². The minimum Gasteiger partial charge on any atom is -0.497 e. The Labute approximate surface area is 122 Å². The average molecular weight is 287 g/mol. The van der Waals surface area contributed by atoms with Gasteiger partial charge in [-0.2, -0.15) is 0 Å². The number of aromatic nitrogens is 1. The first-order valence-electron chi connectivity index (χ1n) is 6.54. The number of nitrogens with one attached hydrogen (secondary N) is 1. The number of Topliss-reactive ketones (excluding diaryl/α,β-unsaturated/α-hetero) is 1. The Hall–Kier alpha value is -2.56. The molecule has 5 nitrogen and oxygen atoms in total. The van der Waals surface area contributed by atoms with E-state index >= 15 is 0 Å². The molecule has 1 N–H and O–H groups in total. The van der Waals surface area contributed by atoms with Crippen molar-refractivity contribution in [3.63, 3.8) is 0 Å². The van der Waals surface area contributed by atoms with Gasteiger partial charge in [0, 0.05) is 24.2 Å². The van der Waals surface area contributed by atoms with E-state index in [4.69, 9.17) is 4.74 Å². The van der Waals surface area contributed by atoms with Crippen molar-refractivity contribution < 1.29 is 19.1 Å². The van der Waals surface area contributed by atoms with Gasteiger partial charge in [-0.1, -0.05) is 12.1 Å². The van der Waals surface area contributed by atoms with Gasteiger partial charge in [0.05, 0.1) is 14.2 Å². The molecule has 2 rings (SSSR count). The third-order valence-electron chi connectivity index (χ3n) is 3.32. The fraction of sp³-hybridized carbons (Fsp3) is 0.250. The van der Waals surface area contributed by atoms with Crippen molar-refractivity contribution in [3.05, 3.63) is 53.9 Å². The molecule has 1 aromatic heterocycles. The maximum atomic E-state index is 11.9. The Kier molecular flexibility index (Phi) is 4.77. The Morgan fingerprint density at radius 2 is 1.86 bits per heavy atom.